The number of rotatable bonds is 10. The predicted octanol–water partition coefficient (Wildman–Crippen LogP) is 2.51. The standard InChI is InChI=1S/C20H35N5O7Si/c1-13(33(6,7)8)30-12-31-19(28)25(20(2,3)4)18-16(22-11-23-18)17(21)24-32-15(27)10-9-14(26)29-5/h11,13H,9-10,12H2,1-8H3,(H2,21,24)(H,22,23). The molecule has 1 atom stereocenters. The van der Waals surface area contributed by atoms with E-state index in [-0.39, 0.29) is 42.7 Å². The number of amidine groups is 1. The zero-order valence-electron chi connectivity index (χ0n) is 20.6. The highest BCUT2D eigenvalue weighted by Gasteiger charge is 2.34. The smallest absolute Gasteiger partial charge is 0.418 e. The van der Waals surface area contributed by atoms with Crippen LogP contribution in [0.1, 0.15) is 46.2 Å². The Balaban J connectivity index is 2.96. The number of aromatic nitrogens is 2. The summed E-state index contributed by atoms with van der Waals surface area (Å²) in [5, 5.41) is 3.59. The zero-order chi connectivity index (χ0) is 25.4. The minimum Gasteiger partial charge on any atom is -0.469 e. The van der Waals surface area contributed by atoms with E-state index in [1.807, 2.05) is 6.92 Å². The number of methoxy groups -OCH3 is 1. The summed E-state index contributed by atoms with van der Waals surface area (Å²) in [6.07, 6.45) is 0.251. The average Bonchev–Trinajstić information content (AvgIpc) is 3.17. The van der Waals surface area contributed by atoms with E-state index >= 15 is 0 Å². The van der Waals surface area contributed by atoms with E-state index in [0.717, 1.165) is 0 Å². The van der Waals surface area contributed by atoms with Crippen LogP contribution in [0.2, 0.25) is 19.6 Å². The number of hydrogen-bond acceptors (Lipinski definition) is 9. The monoisotopic (exact) mass is 485 g/mol. The van der Waals surface area contributed by atoms with Gasteiger partial charge in [-0.25, -0.2) is 14.6 Å². The van der Waals surface area contributed by atoms with Gasteiger partial charge in [0.15, 0.2) is 18.4 Å². The molecular formula is C20H35N5O7Si. The Kier molecular flexibility index (Phi) is 10.0. The van der Waals surface area contributed by atoms with E-state index in [4.69, 9.17) is 20.0 Å². The van der Waals surface area contributed by atoms with Gasteiger partial charge in [-0.2, -0.15) is 0 Å². The van der Waals surface area contributed by atoms with Crippen molar-refractivity contribution in [3.05, 3.63) is 12.0 Å². The number of hydrogen-bond donors (Lipinski definition) is 2. The molecule has 0 aliphatic rings. The molecular weight excluding hydrogens is 450 g/mol. The van der Waals surface area contributed by atoms with Gasteiger partial charge in [0.1, 0.15) is 5.69 Å². The first-order valence-corrected chi connectivity index (χ1v) is 14.0. The highest BCUT2D eigenvalue weighted by Crippen LogP contribution is 2.26. The maximum absolute atomic E-state index is 12.9. The third-order valence-corrected chi connectivity index (χ3v) is 7.27. The Labute approximate surface area is 194 Å². The first-order chi connectivity index (χ1) is 15.2. The molecule has 12 nitrogen and oxygen atoms in total. The number of carbonyl (C=O) groups excluding carboxylic acids is 3. The summed E-state index contributed by atoms with van der Waals surface area (Å²) < 4.78 is 15.5. The molecule has 0 fully saturated rings. The van der Waals surface area contributed by atoms with Gasteiger partial charge in [-0.15, -0.1) is 0 Å². The molecule has 1 heterocycles. The van der Waals surface area contributed by atoms with Gasteiger partial charge in [-0.3, -0.25) is 9.69 Å². The second kappa shape index (κ2) is 11.8. The Morgan fingerprint density at radius 1 is 1.21 bits per heavy atom. The molecule has 1 aromatic heterocycles. The number of aromatic amines is 1. The minimum absolute atomic E-state index is 0.00835. The van der Waals surface area contributed by atoms with Crippen LogP contribution in [-0.4, -0.2) is 67.1 Å². The summed E-state index contributed by atoms with van der Waals surface area (Å²) in [7, 11) is -0.334. The van der Waals surface area contributed by atoms with E-state index in [9.17, 15) is 14.4 Å². The van der Waals surface area contributed by atoms with Crippen molar-refractivity contribution in [1.29, 1.82) is 0 Å². The topological polar surface area (TPSA) is 158 Å². The van der Waals surface area contributed by atoms with Crippen molar-refractivity contribution in [2.75, 3.05) is 18.8 Å². The number of esters is 1. The second-order valence-electron chi connectivity index (χ2n) is 9.33. The largest absolute Gasteiger partial charge is 0.469 e. The van der Waals surface area contributed by atoms with Gasteiger partial charge in [0.25, 0.3) is 0 Å². The fourth-order valence-corrected chi connectivity index (χ4v) is 2.89. The summed E-state index contributed by atoms with van der Waals surface area (Å²) in [6, 6.07) is 0. The molecule has 0 saturated carbocycles. The van der Waals surface area contributed by atoms with Crippen molar-refractivity contribution < 1.29 is 33.4 Å². The number of oxime groups is 1. The van der Waals surface area contributed by atoms with Gasteiger partial charge in [-0.05, 0) is 27.7 Å². The molecule has 13 heteroatoms. The molecule has 0 aliphatic heterocycles. The van der Waals surface area contributed by atoms with Crippen LogP contribution in [0.3, 0.4) is 0 Å². The van der Waals surface area contributed by atoms with Gasteiger partial charge in [0.2, 0.25) is 0 Å². The van der Waals surface area contributed by atoms with Gasteiger partial charge >= 0.3 is 18.0 Å². The van der Waals surface area contributed by atoms with Crippen LogP contribution in [0.15, 0.2) is 11.5 Å². The molecule has 0 bridgehead atoms. The van der Waals surface area contributed by atoms with Crippen molar-refractivity contribution in [3.63, 3.8) is 0 Å². The SMILES string of the molecule is COC(=O)CCC(=O)O/N=C(/N)c1[nH]cnc1N(C(=O)OCOC(C)[Si](C)(C)C)C(C)(C)C. The van der Waals surface area contributed by atoms with E-state index < -0.39 is 31.6 Å². The molecule has 1 aromatic rings. The minimum atomic E-state index is -1.55. The molecule has 1 rings (SSSR count). The molecule has 0 aromatic carbocycles. The summed E-state index contributed by atoms with van der Waals surface area (Å²) in [6.45, 7) is 13.6. The predicted molar refractivity (Wildman–Crippen MR) is 124 cm³/mol. The number of nitrogens with one attached hydrogen (secondary N) is 1. The van der Waals surface area contributed by atoms with Crippen LogP contribution in [0.25, 0.3) is 0 Å². The number of nitrogens with zero attached hydrogens (tertiary/aromatic N) is 3. The van der Waals surface area contributed by atoms with Crippen molar-refractivity contribution in [2.24, 2.45) is 10.9 Å². The number of ether oxygens (including phenoxy) is 3. The summed E-state index contributed by atoms with van der Waals surface area (Å²) in [5.41, 5.74) is 5.35. The molecule has 33 heavy (non-hydrogen) atoms. The second-order valence-corrected chi connectivity index (χ2v) is 14.9. The highest BCUT2D eigenvalue weighted by atomic mass is 28.3. The molecule has 1 amide bonds. The lowest BCUT2D eigenvalue weighted by Crippen LogP contribution is -2.48. The Bertz CT molecular complexity index is 858. The van der Waals surface area contributed by atoms with Crippen LogP contribution in [0.5, 0.6) is 0 Å². The van der Waals surface area contributed by atoms with E-state index in [0.29, 0.717) is 0 Å². The maximum Gasteiger partial charge on any atom is 0.418 e. The lowest BCUT2D eigenvalue weighted by atomic mass is 10.1. The third kappa shape index (κ3) is 8.85. The van der Waals surface area contributed by atoms with Crippen molar-refractivity contribution >= 4 is 37.8 Å². The van der Waals surface area contributed by atoms with Gasteiger partial charge in [-0.1, -0.05) is 24.8 Å². The average molecular weight is 486 g/mol. The van der Waals surface area contributed by atoms with Crippen molar-refractivity contribution in [3.8, 4) is 0 Å². The quantitative estimate of drug-likeness (QED) is 0.0965. The molecule has 0 saturated heterocycles. The number of imidazole rings is 1. The Morgan fingerprint density at radius 2 is 1.82 bits per heavy atom. The fraction of sp³-hybridized carbons (Fsp3) is 0.650. The molecule has 3 N–H and O–H groups in total. The number of amides is 1. The van der Waals surface area contributed by atoms with Gasteiger partial charge in [0.05, 0.1) is 34.4 Å². The Morgan fingerprint density at radius 3 is 2.36 bits per heavy atom. The molecule has 0 aliphatic carbocycles. The first-order valence-electron chi connectivity index (χ1n) is 10.4. The summed E-state index contributed by atoms with van der Waals surface area (Å²) in [5.74, 6) is -1.41. The normalized spacial score (nSPS) is 13.3. The molecule has 1 unspecified atom stereocenters. The van der Waals surface area contributed by atoms with E-state index in [2.05, 4.69) is 39.5 Å². The Hall–Kier alpha value is -2.93. The van der Waals surface area contributed by atoms with Crippen LogP contribution in [0, 0.1) is 0 Å². The molecule has 0 radical (unpaired) electrons. The van der Waals surface area contributed by atoms with Crippen LogP contribution >= 0.6 is 0 Å². The number of nitrogens with two attached hydrogens (primary N) is 1. The molecule has 186 valence electrons. The van der Waals surface area contributed by atoms with Crippen molar-refractivity contribution in [1.82, 2.24) is 9.97 Å². The van der Waals surface area contributed by atoms with Crippen LogP contribution in [-0.2, 0) is 28.6 Å². The van der Waals surface area contributed by atoms with E-state index in [1.54, 1.807) is 20.8 Å². The lowest BCUT2D eigenvalue weighted by Gasteiger charge is -2.33. The number of carbonyl (C=O) groups is 3. The lowest BCUT2D eigenvalue weighted by molar-refractivity contribution is -0.148. The van der Waals surface area contributed by atoms with Crippen molar-refractivity contribution in [2.45, 2.75) is 71.4 Å². The number of anilines is 1. The van der Waals surface area contributed by atoms with Crippen LogP contribution in [0.4, 0.5) is 10.6 Å². The van der Waals surface area contributed by atoms with Gasteiger partial charge in [0, 0.05) is 11.3 Å². The number of H-pyrrole nitrogens is 1. The first kappa shape index (κ1) is 28.1. The van der Waals surface area contributed by atoms with E-state index in [1.165, 1.54) is 18.3 Å². The van der Waals surface area contributed by atoms with Crippen LogP contribution < -0.4 is 10.6 Å². The zero-order valence-corrected chi connectivity index (χ0v) is 21.6. The van der Waals surface area contributed by atoms with Gasteiger partial charge < -0.3 is 29.8 Å². The summed E-state index contributed by atoms with van der Waals surface area (Å²) in [4.78, 5) is 48.8. The molecule has 0 spiro atoms. The fourth-order valence-electron chi connectivity index (χ4n) is 2.32. The summed E-state index contributed by atoms with van der Waals surface area (Å²) >= 11 is 0. The maximum atomic E-state index is 12.9. The highest BCUT2D eigenvalue weighted by molar-refractivity contribution is 6.77. The third-order valence-electron chi connectivity index (χ3n) is 4.67.